The van der Waals surface area contributed by atoms with Crippen molar-refractivity contribution in [3.8, 4) is 0 Å². The largest absolute Gasteiger partial charge is 0.500 e. The number of aromatic carboxylic acids is 1. The molecular formula is C18H25NO7Si. The van der Waals surface area contributed by atoms with Gasteiger partial charge in [-0.1, -0.05) is 0 Å². The van der Waals surface area contributed by atoms with E-state index in [4.69, 9.17) is 18.4 Å². The second-order valence-electron chi connectivity index (χ2n) is 5.91. The number of carbonyl (C=O) groups is 3. The van der Waals surface area contributed by atoms with Gasteiger partial charge in [-0.25, -0.2) is 4.79 Å². The molecule has 0 unspecified atom stereocenters. The van der Waals surface area contributed by atoms with Crippen LogP contribution in [-0.4, -0.2) is 63.0 Å². The van der Waals surface area contributed by atoms with E-state index in [9.17, 15) is 14.4 Å². The van der Waals surface area contributed by atoms with Crippen LogP contribution in [0.3, 0.4) is 0 Å². The quantitative estimate of drug-likeness (QED) is 0.453. The molecule has 1 aromatic carbocycles. The van der Waals surface area contributed by atoms with Crippen LogP contribution in [0.5, 0.6) is 0 Å². The standard InChI is InChI=1S/C18H25NO7Si/c1-4-24-27(25-5-2,26-6-3)11-7-10-19-16(20)14-9-8-13(18(22)23)12-15(14)17(19)21/h8-9,12H,4-7,10-11H2,1-3H3,(H,22,23). The highest BCUT2D eigenvalue weighted by molar-refractivity contribution is 6.60. The molecule has 2 amide bonds. The highest BCUT2D eigenvalue weighted by Crippen LogP contribution is 2.26. The Morgan fingerprint density at radius 3 is 2.07 bits per heavy atom. The van der Waals surface area contributed by atoms with E-state index in [1.807, 2.05) is 20.8 Å². The highest BCUT2D eigenvalue weighted by Gasteiger charge is 2.41. The minimum absolute atomic E-state index is 0.0211. The van der Waals surface area contributed by atoms with Gasteiger partial charge in [0.05, 0.1) is 16.7 Å². The number of carbonyl (C=O) groups excluding carboxylic acids is 2. The van der Waals surface area contributed by atoms with Gasteiger partial charge in [0.2, 0.25) is 0 Å². The predicted octanol–water partition coefficient (Wildman–Crippen LogP) is 2.42. The SMILES string of the molecule is CCO[Si](CCCN1C(=O)c2ccc(C(=O)O)cc2C1=O)(OCC)OCC. The fourth-order valence-electron chi connectivity index (χ4n) is 3.08. The third-order valence-corrected chi connectivity index (χ3v) is 7.33. The molecule has 1 aromatic rings. The molecule has 2 rings (SSSR count). The van der Waals surface area contributed by atoms with Crippen LogP contribution in [0.15, 0.2) is 18.2 Å². The molecule has 0 fully saturated rings. The Hall–Kier alpha value is -2.07. The fourth-order valence-corrected chi connectivity index (χ4v) is 5.68. The lowest BCUT2D eigenvalue weighted by molar-refractivity contribution is 0.0611. The average molecular weight is 395 g/mol. The van der Waals surface area contributed by atoms with Crippen LogP contribution in [0.1, 0.15) is 58.3 Å². The van der Waals surface area contributed by atoms with Crippen LogP contribution in [0.4, 0.5) is 0 Å². The molecule has 0 spiro atoms. The number of hydrogen-bond donors (Lipinski definition) is 1. The van der Waals surface area contributed by atoms with E-state index in [2.05, 4.69) is 0 Å². The zero-order valence-corrected chi connectivity index (χ0v) is 16.8. The van der Waals surface area contributed by atoms with E-state index in [-0.39, 0.29) is 23.2 Å². The van der Waals surface area contributed by atoms with Crippen molar-refractivity contribution in [2.75, 3.05) is 26.4 Å². The zero-order valence-electron chi connectivity index (χ0n) is 15.8. The first kappa shape index (κ1) is 21.2. The number of hydrogen-bond acceptors (Lipinski definition) is 6. The first-order chi connectivity index (χ1) is 12.9. The van der Waals surface area contributed by atoms with Crippen molar-refractivity contribution >= 4 is 26.6 Å². The minimum Gasteiger partial charge on any atom is -0.478 e. The normalized spacial score (nSPS) is 14.0. The summed E-state index contributed by atoms with van der Waals surface area (Å²) in [5.41, 5.74) is 0.336. The van der Waals surface area contributed by atoms with Gasteiger partial charge in [0.15, 0.2) is 0 Å². The van der Waals surface area contributed by atoms with Gasteiger partial charge in [0.1, 0.15) is 0 Å². The van der Waals surface area contributed by atoms with E-state index in [0.717, 1.165) is 4.90 Å². The van der Waals surface area contributed by atoms with E-state index in [1.54, 1.807) is 0 Å². The van der Waals surface area contributed by atoms with Crippen LogP contribution < -0.4 is 0 Å². The summed E-state index contributed by atoms with van der Waals surface area (Å²) < 4.78 is 17.3. The van der Waals surface area contributed by atoms with E-state index in [0.29, 0.717) is 32.3 Å². The molecule has 1 aliphatic rings. The molecule has 0 aromatic heterocycles. The molecule has 1 aliphatic heterocycles. The van der Waals surface area contributed by atoms with Gasteiger partial charge in [0.25, 0.3) is 11.8 Å². The second kappa shape index (κ2) is 9.22. The molecule has 9 heteroatoms. The summed E-state index contributed by atoms with van der Waals surface area (Å²) >= 11 is 0. The first-order valence-electron chi connectivity index (χ1n) is 9.04. The number of carboxylic acid groups (broad SMARTS) is 1. The van der Waals surface area contributed by atoms with Gasteiger partial charge in [-0.15, -0.1) is 0 Å². The maximum Gasteiger partial charge on any atom is 0.500 e. The lowest BCUT2D eigenvalue weighted by Gasteiger charge is -2.28. The van der Waals surface area contributed by atoms with Crippen molar-refractivity contribution in [3.63, 3.8) is 0 Å². The third-order valence-electron chi connectivity index (χ3n) is 4.18. The van der Waals surface area contributed by atoms with Crippen molar-refractivity contribution in [1.82, 2.24) is 4.90 Å². The monoisotopic (exact) mass is 395 g/mol. The Morgan fingerprint density at radius 2 is 1.56 bits per heavy atom. The molecule has 0 bridgehead atoms. The van der Waals surface area contributed by atoms with E-state index in [1.165, 1.54) is 18.2 Å². The molecule has 27 heavy (non-hydrogen) atoms. The Bertz CT molecular complexity index is 705. The van der Waals surface area contributed by atoms with Gasteiger partial charge < -0.3 is 18.4 Å². The van der Waals surface area contributed by atoms with Crippen molar-refractivity contribution in [2.24, 2.45) is 0 Å². The van der Waals surface area contributed by atoms with Gasteiger partial charge in [-0.2, -0.15) is 0 Å². The summed E-state index contributed by atoms with van der Waals surface area (Å²) in [4.78, 5) is 37.3. The third kappa shape index (κ3) is 4.61. The predicted molar refractivity (Wildman–Crippen MR) is 98.8 cm³/mol. The number of carboxylic acids is 1. The molecule has 0 saturated carbocycles. The molecule has 1 N–H and O–H groups in total. The summed E-state index contributed by atoms with van der Waals surface area (Å²) in [6.45, 7) is 7.15. The molecule has 148 valence electrons. The fraction of sp³-hybridized carbons (Fsp3) is 0.500. The van der Waals surface area contributed by atoms with Crippen molar-refractivity contribution in [3.05, 3.63) is 34.9 Å². The first-order valence-corrected chi connectivity index (χ1v) is 11.0. The Balaban J connectivity index is 2.08. The van der Waals surface area contributed by atoms with Crippen molar-refractivity contribution in [2.45, 2.75) is 33.2 Å². The molecule has 0 aliphatic carbocycles. The number of benzene rings is 1. The van der Waals surface area contributed by atoms with Gasteiger partial charge in [0, 0.05) is 32.4 Å². The van der Waals surface area contributed by atoms with Gasteiger partial charge >= 0.3 is 14.8 Å². The van der Waals surface area contributed by atoms with Gasteiger partial charge in [-0.05, 0) is 45.4 Å². The average Bonchev–Trinajstić information content (AvgIpc) is 2.87. The number of nitrogens with zero attached hydrogens (tertiary/aromatic N) is 1. The zero-order chi connectivity index (χ0) is 20.0. The molecule has 8 nitrogen and oxygen atoms in total. The summed E-state index contributed by atoms with van der Waals surface area (Å²) in [6.07, 6.45) is 0.476. The summed E-state index contributed by atoms with van der Waals surface area (Å²) in [5.74, 6) is -2.03. The summed E-state index contributed by atoms with van der Waals surface area (Å²) in [6, 6.07) is 4.44. The molecule has 0 atom stereocenters. The topological polar surface area (TPSA) is 102 Å². The molecule has 1 heterocycles. The molecular weight excluding hydrogens is 370 g/mol. The Kier molecular flexibility index (Phi) is 7.25. The van der Waals surface area contributed by atoms with Crippen LogP contribution in [0.2, 0.25) is 6.04 Å². The smallest absolute Gasteiger partial charge is 0.478 e. The maximum absolute atomic E-state index is 12.5. The lowest BCUT2D eigenvalue weighted by Crippen LogP contribution is -2.46. The summed E-state index contributed by atoms with van der Waals surface area (Å²) in [7, 11) is -2.84. The number of amides is 2. The number of rotatable bonds is 11. The number of imide groups is 1. The number of fused-ring (bicyclic) bond motifs is 1. The molecule has 0 saturated heterocycles. The van der Waals surface area contributed by atoms with E-state index >= 15 is 0 Å². The van der Waals surface area contributed by atoms with Crippen LogP contribution in [0, 0.1) is 0 Å². The lowest BCUT2D eigenvalue weighted by atomic mass is 10.1. The van der Waals surface area contributed by atoms with Crippen molar-refractivity contribution in [1.29, 1.82) is 0 Å². The second-order valence-corrected chi connectivity index (χ2v) is 8.65. The van der Waals surface area contributed by atoms with Gasteiger partial charge in [-0.3, -0.25) is 14.5 Å². The van der Waals surface area contributed by atoms with Crippen molar-refractivity contribution < 1.29 is 32.8 Å². The van der Waals surface area contributed by atoms with Crippen LogP contribution in [-0.2, 0) is 13.3 Å². The van der Waals surface area contributed by atoms with Crippen LogP contribution >= 0.6 is 0 Å². The minimum atomic E-state index is -2.84. The highest BCUT2D eigenvalue weighted by atomic mass is 28.4. The summed E-state index contributed by atoms with van der Waals surface area (Å²) in [5, 5.41) is 9.07. The van der Waals surface area contributed by atoms with Crippen LogP contribution in [0.25, 0.3) is 0 Å². The van der Waals surface area contributed by atoms with E-state index < -0.39 is 26.6 Å². The Labute approximate surface area is 159 Å². The maximum atomic E-state index is 12.5. The Morgan fingerprint density at radius 1 is 1.00 bits per heavy atom. The molecule has 0 radical (unpaired) electrons.